The molecule has 0 fully saturated rings. The van der Waals surface area contributed by atoms with Crippen LogP contribution in [0.2, 0.25) is 0 Å². The van der Waals surface area contributed by atoms with Gasteiger partial charge < -0.3 is 5.21 Å². The van der Waals surface area contributed by atoms with Gasteiger partial charge in [0.2, 0.25) is 0 Å². The van der Waals surface area contributed by atoms with Crippen LogP contribution in [0, 0.1) is 11.1 Å². The SMILES string of the molecule is CCCCCCCCCC(C)C=[N+]([O-])Cc1ccccc1. The summed E-state index contributed by atoms with van der Waals surface area (Å²) < 4.78 is 1.08. The number of nitrogens with zero attached hydrogens (tertiary/aromatic N) is 1. The normalized spacial score (nSPS) is 13.3. The van der Waals surface area contributed by atoms with Gasteiger partial charge in [0.15, 0.2) is 12.8 Å². The van der Waals surface area contributed by atoms with Crippen molar-refractivity contribution in [3.63, 3.8) is 0 Å². The minimum Gasteiger partial charge on any atom is -0.624 e. The summed E-state index contributed by atoms with van der Waals surface area (Å²) in [5.41, 5.74) is 1.08. The van der Waals surface area contributed by atoms with Crippen LogP contribution in [-0.2, 0) is 6.54 Å². The second-order valence-electron chi connectivity index (χ2n) is 6.10. The van der Waals surface area contributed by atoms with E-state index in [1.165, 1.54) is 44.9 Å². The molecule has 0 aromatic heterocycles. The molecule has 0 radical (unpaired) electrons. The topological polar surface area (TPSA) is 26.1 Å². The van der Waals surface area contributed by atoms with Crippen LogP contribution in [0.1, 0.15) is 70.8 Å². The Morgan fingerprint density at radius 2 is 1.62 bits per heavy atom. The number of hydrogen-bond donors (Lipinski definition) is 0. The van der Waals surface area contributed by atoms with Gasteiger partial charge in [-0.2, -0.15) is 0 Å². The fourth-order valence-corrected chi connectivity index (χ4v) is 2.60. The second kappa shape index (κ2) is 11.4. The number of benzene rings is 1. The summed E-state index contributed by atoms with van der Waals surface area (Å²) in [6.07, 6.45) is 12.3. The lowest BCUT2D eigenvalue weighted by Crippen LogP contribution is -2.10. The highest BCUT2D eigenvalue weighted by Crippen LogP contribution is 2.11. The highest BCUT2D eigenvalue weighted by Gasteiger charge is 2.04. The Hall–Kier alpha value is -1.31. The molecule has 1 aromatic carbocycles. The zero-order valence-corrected chi connectivity index (χ0v) is 13.8. The van der Waals surface area contributed by atoms with E-state index in [0.29, 0.717) is 12.5 Å². The Kier molecular flexibility index (Phi) is 9.60. The summed E-state index contributed by atoms with van der Waals surface area (Å²) in [6, 6.07) is 9.93. The molecule has 0 heterocycles. The molecule has 21 heavy (non-hydrogen) atoms. The monoisotopic (exact) mass is 289 g/mol. The molecule has 2 nitrogen and oxygen atoms in total. The number of rotatable bonds is 11. The Bertz CT molecular complexity index is 386. The predicted molar refractivity (Wildman–Crippen MR) is 91.6 cm³/mol. The van der Waals surface area contributed by atoms with E-state index in [0.717, 1.165) is 16.7 Å². The van der Waals surface area contributed by atoms with Crippen molar-refractivity contribution in [2.24, 2.45) is 5.92 Å². The first-order chi connectivity index (χ1) is 10.2. The molecule has 0 saturated heterocycles. The van der Waals surface area contributed by atoms with Crippen molar-refractivity contribution in [3.05, 3.63) is 41.1 Å². The second-order valence-corrected chi connectivity index (χ2v) is 6.10. The molecule has 0 N–H and O–H groups in total. The minimum atomic E-state index is 0.377. The molecule has 118 valence electrons. The maximum Gasteiger partial charge on any atom is 0.178 e. The van der Waals surface area contributed by atoms with Crippen molar-refractivity contribution in [3.8, 4) is 0 Å². The molecule has 2 heteroatoms. The molecule has 0 aliphatic rings. The Morgan fingerprint density at radius 1 is 1.00 bits per heavy atom. The molecule has 1 unspecified atom stereocenters. The third kappa shape index (κ3) is 9.28. The van der Waals surface area contributed by atoms with Crippen molar-refractivity contribution in [1.82, 2.24) is 0 Å². The van der Waals surface area contributed by atoms with E-state index in [1.807, 2.05) is 36.5 Å². The first kappa shape index (κ1) is 17.7. The van der Waals surface area contributed by atoms with Gasteiger partial charge in [-0.05, 0) is 6.42 Å². The van der Waals surface area contributed by atoms with Crippen molar-refractivity contribution < 1.29 is 4.74 Å². The fraction of sp³-hybridized carbons (Fsp3) is 0.632. The van der Waals surface area contributed by atoms with Gasteiger partial charge >= 0.3 is 0 Å². The molecular weight excluding hydrogens is 258 g/mol. The van der Waals surface area contributed by atoms with E-state index in [4.69, 9.17) is 0 Å². The zero-order valence-electron chi connectivity index (χ0n) is 13.8. The van der Waals surface area contributed by atoms with Crippen LogP contribution in [0.4, 0.5) is 0 Å². The maximum absolute atomic E-state index is 11.9. The Balaban J connectivity index is 2.14. The molecule has 1 atom stereocenters. The van der Waals surface area contributed by atoms with Crippen LogP contribution >= 0.6 is 0 Å². The summed E-state index contributed by atoms with van der Waals surface area (Å²) in [6.45, 7) is 4.86. The van der Waals surface area contributed by atoms with E-state index < -0.39 is 0 Å². The largest absolute Gasteiger partial charge is 0.624 e. The van der Waals surface area contributed by atoms with E-state index in [2.05, 4.69) is 13.8 Å². The number of unbranched alkanes of at least 4 members (excludes halogenated alkanes) is 6. The minimum absolute atomic E-state index is 0.377. The van der Waals surface area contributed by atoms with Crippen molar-refractivity contribution >= 4 is 6.21 Å². The van der Waals surface area contributed by atoms with E-state index >= 15 is 0 Å². The molecule has 0 amide bonds. The number of hydrogen-bond acceptors (Lipinski definition) is 1. The molecule has 0 aliphatic carbocycles. The lowest BCUT2D eigenvalue weighted by atomic mass is 10.0. The maximum atomic E-state index is 11.9. The van der Waals surface area contributed by atoms with Gasteiger partial charge in [0.05, 0.1) is 0 Å². The Morgan fingerprint density at radius 3 is 2.29 bits per heavy atom. The third-order valence-electron chi connectivity index (χ3n) is 3.87. The lowest BCUT2D eigenvalue weighted by molar-refractivity contribution is -0.472. The van der Waals surface area contributed by atoms with E-state index in [9.17, 15) is 5.21 Å². The predicted octanol–water partition coefficient (Wildman–Crippen LogP) is 5.54. The van der Waals surface area contributed by atoms with Crippen LogP contribution in [-0.4, -0.2) is 11.0 Å². The third-order valence-corrected chi connectivity index (χ3v) is 3.87. The molecule has 0 saturated carbocycles. The summed E-state index contributed by atoms with van der Waals surface area (Å²) >= 11 is 0. The average Bonchev–Trinajstić information content (AvgIpc) is 2.47. The molecule has 1 rings (SSSR count). The fourth-order valence-electron chi connectivity index (χ4n) is 2.60. The van der Waals surface area contributed by atoms with Crippen LogP contribution in [0.15, 0.2) is 30.3 Å². The molecular formula is C19H31NO. The van der Waals surface area contributed by atoms with Gasteiger partial charge in [-0.3, -0.25) is 0 Å². The summed E-state index contributed by atoms with van der Waals surface area (Å²) in [4.78, 5) is 0. The first-order valence-electron chi connectivity index (χ1n) is 8.55. The van der Waals surface area contributed by atoms with E-state index in [-0.39, 0.29) is 0 Å². The van der Waals surface area contributed by atoms with Crippen molar-refractivity contribution in [2.75, 3.05) is 0 Å². The molecule has 0 spiro atoms. The smallest absolute Gasteiger partial charge is 0.178 e. The summed E-state index contributed by atoms with van der Waals surface area (Å²) in [5, 5.41) is 11.9. The summed E-state index contributed by atoms with van der Waals surface area (Å²) in [5.74, 6) is 0.377. The van der Waals surface area contributed by atoms with Gasteiger partial charge in [-0.1, -0.05) is 89.1 Å². The Labute approximate surface area is 130 Å². The molecule has 0 bridgehead atoms. The van der Waals surface area contributed by atoms with Crippen LogP contribution in [0.3, 0.4) is 0 Å². The summed E-state index contributed by atoms with van der Waals surface area (Å²) in [7, 11) is 0. The zero-order chi connectivity index (χ0) is 15.3. The quantitative estimate of drug-likeness (QED) is 0.172. The van der Waals surface area contributed by atoms with Gasteiger partial charge in [0.25, 0.3) is 0 Å². The van der Waals surface area contributed by atoms with Gasteiger partial charge in [-0.25, -0.2) is 4.74 Å². The van der Waals surface area contributed by atoms with Crippen LogP contribution in [0.25, 0.3) is 0 Å². The number of hydroxylamine groups is 1. The van der Waals surface area contributed by atoms with Crippen LogP contribution < -0.4 is 0 Å². The van der Waals surface area contributed by atoms with Crippen molar-refractivity contribution in [2.45, 2.75) is 71.8 Å². The molecule has 1 aromatic rings. The highest BCUT2D eigenvalue weighted by molar-refractivity contribution is 5.54. The van der Waals surface area contributed by atoms with E-state index in [1.54, 1.807) is 0 Å². The lowest BCUT2D eigenvalue weighted by Gasteiger charge is -2.08. The van der Waals surface area contributed by atoms with Crippen LogP contribution in [0.5, 0.6) is 0 Å². The average molecular weight is 289 g/mol. The van der Waals surface area contributed by atoms with Crippen molar-refractivity contribution in [1.29, 1.82) is 0 Å². The van der Waals surface area contributed by atoms with Gasteiger partial charge in [0, 0.05) is 11.5 Å². The van der Waals surface area contributed by atoms with Gasteiger partial charge in [0.1, 0.15) is 0 Å². The first-order valence-corrected chi connectivity index (χ1v) is 8.55. The molecule has 0 aliphatic heterocycles. The standard InChI is InChI=1S/C19H31NO/c1-3-4-5-6-7-8-10-13-18(2)16-20(21)17-19-14-11-9-12-15-19/h9,11-12,14-16,18H,3-8,10,13,17H2,1-2H3. The highest BCUT2D eigenvalue weighted by atomic mass is 16.5. The van der Waals surface area contributed by atoms with Gasteiger partial charge in [-0.15, -0.1) is 0 Å².